The smallest absolute Gasteiger partial charge is 0.339 e. The Morgan fingerprint density at radius 2 is 2.00 bits per heavy atom. The SMILES string of the molecule is CCCOC(=O)c1cccc(NC(C)=O)c1C(=O)O. The Morgan fingerprint density at radius 3 is 2.53 bits per heavy atom. The molecule has 0 saturated carbocycles. The summed E-state index contributed by atoms with van der Waals surface area (Å²) in [6.45, 7) is 3.30. The summed E-state index contributed by atoms with van der Waals surface area (Å²) < 4.78 is 4.91. The molecule has 0 radical (unpaired) electrons. The van der Waals surface area contributed by atoms with Crippen LogP contribution in [0.4, 0.5) is 5.69 Å². The normalized spacial score (nSPS) is 9.79. The third-order valence-electron chi connectivity index (χ3n) is 2.25. The van der Waals surface area contributed by atoms with Gasteiger partial charge in [-0.2, -0.15) is 0 Å². The number of carboxylic acid groups (broad SMARTS) is 1. The molecule has 6 nitrogen and oxygen atoms in total. The van der Waals surface area contributed by atoms with Gasteiger partial charge in [-0.25, -0.2) is 9.59 Å². The first-order chi connectivity index (χ1) is 8.97. The summed E-state index contributed by atoms with van der Waals surface area (Å²) in [5.41, 5.74) is -0.267. The Labute approximate surface area is 110 Å². The molecule has 1 aromatic rings. The number of hydrogen-bond acceptors (Lipinski definition) is 4. The molecule has 1 amide bonds. The minimum Gasteiger partial charge on any atom is -0.478 e. The van der Waals surface area contributed by atoms with Crippen LogP contribution in [0.1, 0.15) is 41.0 Å². The molecule has 19 heavy (non-hydrogen) atoms. The molecule has 1 aromatic carbocycles. The highest BCUT2D eigenvalue weighted by Gasteiger charge is 2.21. The zero-order valence-electron chi connectivity index (χ0n) is 10.7. The van der Waals surface area contributed by atoms with Crippen LogP contribution in [0.2, 0.25) is 0 Å². The van der Waals surface area contributed by atoms with Crippen molar-refractivity contribution in [1.82, 2.24) is 0 Å². The van der Waals surface area contributed by atoms with Gasteiger partial charge >= 0.3 is 11.9 Å². The van der Waals surface area contributed by atoms with Crippen LogP contribution in [0.15, 0.2) is 18.2 Å². The second kappa shape index (κ2) is 6.53. The van der Waals surface area contributed by atoms with Crippen molar-refractivity contribution >= 4 is 23.5 Å². The molecule has 0 aromatic heterocycles. The Bertz CT molecular complexity index is 510. The number of benzene rings is 1. The van der Waals surface area contributed by atoms with Gasteiger partial charge in [0.1, 0.15) is 0 Å². The van der Waals surface area contributed by atoms with Gasteiger partial charge in [0.2, 0.25) is 5.91 Å². The third kappa shape index (κ3) is 3.80. The number of ether oxygens (including phenoxy) is 1. The van der Waals surface area contributed by atoms with Crippen LogP contribution < -0.4 is 5.32 Å². The van der Waals surface area contributed by atoms with Crippen molar-refractivity contribution in [2.75, 3.05) is 11.9 Å². The number of hydrogen-bond donors (Lipinski definition) is 2. The van der Waals surface area contributed by atoms with Crippen LogP contribution in [-0.4, -0.2) is 29.6 Å². The minimum atomic E-state index is -1.30. The molecule has 6 heteroatoms. The number of carbonyl (C=O) groups is 3. The fourth-order valence-corrected chi connectivity index (χ4v) is 1.52. The molecule has 0 aliphatic rings. The van der Waals surface area contributed by atoms with E-state index >= 15 is 0 Å². The lowest BCUT2D eigenvalue weighted by Crippen LogP contribution is -2.16. The molecule has 0 heterocycles. The zero-order chi connectivity index (χ0) is 14.4. The van der Waals surface area contributed by atoms with Crippen molar-refractivity contribution in [2.45, 2.75) is 20.3 Å². The van der Waals surface area contributed by atoms with Crippen LogP contribution in [0, 0.1) is 0 Å². The summed E-state index contributed by atoms with van der Waals surface area (Å²) in [6, 6.07) is 4.26. The third-order valence-corrected chi connectivity index (χ3v) is 2.25. The molecule has 0 spiro atoms. The summed E-state index contributed by atoms with van der Waals surface area (Å²) in [5, 5.41) is 11.6. The Balaban J connectivity index is 3.20. The van der Waals surface area contributed by atoms with E-state index in [4.69, 9.17) is 4.74 Å². The molecule has 0 fully saturated rings. The monoisotopic (exact) mass is 265 g/mol. The van der Waals surface area contributed by atoms with E-state index in [2.05, 4.69) is 5.32 Å². The Hall–Kier alpha value is -2.37. The average molecular weight is 265 g/mol. The van der Waals surface area contributed by atoms with Gasteiger partial charge < -0.3 is 15.2 Å². The van der Waals surface area contributed by atoms with Crippen molar-refractivity contribution in [2.24, 2.45) is 0 Å². The van der Waals surface area contributed by atoms with Crippen molar-refractivity contribution in [3.8, 4) is 0 Å². The maximum Gasteiger partial charge on any atom is 0.339 e. The fraction of sp³-hybridized carbons (Fsp3) is 0.308. The number of nitrogens with one attached hydrogen (secondary N) is 1. The van der Waals surface area contributed by atoms with Gasteiger partial charge in [0.05, 0.1) is 23.4 Å². The van der Waals surface area contributed by atoms with E-state index < -0.39 is 17.8 Å². The van der Waals surface area contributed by atoms with E-state index in [0.717, 1.165) is 0 Å². The van der Waals surface area contributed by atoms with Gasteiger partial charge in [-0.05, 0) is 18.6 Å². The molecule has 0 bridgehead atoms. The average Bonchev–Trinajstić information content (AvgIpc) is 2.34. The number of carboxylic acids is 1. The minimum absolute atomic E-state index is 0.0750. The van der Waals surface area contributed by atoms with Crippen LogP contribution in [0.3, 0.4) is 0 Å². The number of rotatable bonds is 5. The summed E-state index contributed by atoms with van der Waals surface area (Å²) in [6.07, 6.45) is 0.638. The Kier molecular flexibility index (Phi) is 5.05. The lowest BCUT2D eigenvalue weighted by molar-refractivity contribution is -0.114. The quantitative estimate of drug-likeness (QED) is 0.793. The van der Waals surface area contributed by atoms with Crippen LogP contribution in [-0.2, 0) is 9.53 Å². The molecular formula is C13H15NO5. The predicted octanol–water partition coefficient (Wildman–Crippen LogP) is 1.91. The fourth-order valence-electron chi connectivity index (χ4n) is 1.52. The van der Waals surface area contributed by atoms with Crippen molar-refractivity contribution in [3.63, 3.8) is 0 Å². The lowest BCUT2D eigenvalue weighted by Gasteiger charge is -2.11. The first-order valence-electron chi connectivity index (χ1n) is 5.78. The van der Waals surface area contributed by atoms with Crippen LogP contribution in [0.25, 0.3) is 0 Å². The molecule has 0 unspecified atom stereocenters. The molecule has 0 aliphatic heterocycles. The summed E-state index contributed by atoms with van der Waals surface area (Å²) >= 11 is 0. The number of esters is 1. The van der Waals surface area contributed by atoms with Gasteiger partial charge in [-0.15, -0.1) is 0 Å². The van der Waals surface area contributed by atoms with Crippen molar-refractivity contribution in [1.29, 1.82) is 0 Å². The van der Waals surface area contributed by atoms with E-state index in [1.165, 1.54) is 25.1 Å². The second-order valence-corrected chi connectivity index (χ2v) is 3.85. The van der Waals surface area contributed by atoms with Crippen LogP contribution >= 0.6 is 0 Å². The van der Waals surface area contributed by atoms with E-state index in [1.54, 1.807) is 0 Å². The molecule has 0 aliphatic carbocycles. The van der Waals surface area contributed by atoms with E-state index in [-0.39, 0.29) is 23.4 Å². The summed E-state index contributed by atoms with van der Waals surface area (Å²) in [5.74, 6) is -2.43. The first-order valence-corrected chi connectivity index (χ1v) is 5.78. The van der Waals surface area contributed by atoms with Gasteiger partial charge in [-0.1, -0.05) is 13.0 Å². The lowest BCUT2D eigenvalue weighted by atomic mass is 10.1. The highest BCUT2D eigenvalue weighted by atomic mass is 16.5. The van der Waals surface area contributed by atoms with Gasteiger partial charge in [0.25, 0.3) is 0 Å². The maximum atomic E-state index is 11.8. The van der Waals surface area contributed by atoms with Crippen LogP contribution in [0.5, 0.6) is 0 Å². The maximum absolute atomic E-state index is 11.8. The van der Waals surface area contributed by atoms with Gasteiger partial charge in [0, 0.05) is 6.92 Å². The molecular weight excluding hydrogens is 250 g/mol. The largest absolute Gasteiger partial charge is 0.478 e. The van der Waals surface area contributed by atoms with Gasteiger partial charge in [0.15, 0.2) is 0 Å². The highest BCUT2D eigenvalue weighted by molar-refractivity contribution is 6.08. The van der Waals surface area contributed by atoms with Crippen molar-refractivity contribution < 1.29 is 24.2 Å². The number of aromatic carboxylic acids is 1. The summed E-state index contributed by atoms with van der Waals surface area (Å²) in [7, 11) is 0. The number of carbonyl (C=O) groups excluding carboxylic acids is 2. The number of amides is 1. The Morgan fingerprint density at radius 1 is 1.32 bits per heavy atom. The van der Waals surface area contributed by atoms with Crippen molar-refractivity contribution in [3.05, 3.63) is 29.3 Å². The van der Waals surface area contributed by atoms with E-state index in [1.807, 2.05) is 6.92 Å². The topological polar surface area (TPSA) is 92.7 Å². The van der Waals surface area contributed by atoms with E-state index in [0.29, 0.717) is 6.42 Å². The van der Waals surface area contributed by atoms with Gasteiger partial charge in [-0.3, -0.25) is 4.79 Å². The molecule has 1 rings (SSSR count). The zero-order valence-corrected chi connectivity index (χ0v) is 10.7. The molecule has 2 N–H and O–H groups in total. The number of anilines is 1. The summed E-state index contributed by atoms with van der Waals surface area (Å²) in [4.78, 5) is 34.0. The standard InChI is InChI=1S/C13H15NO5/c1-3-7-19-13(18)9-5-4-6-10(14-8(2)15)11(9)12(16)17/h4-6H,3,7H2,1-2H3,(H,14,15)(H,16,17). The first kappa shape index (κ1) is 14.7. The highest BCUT2D eigenvalue weighted by Crippen LogP contribution is 2.21. The predicted molar refractivity (Wildman–Crippen MR) is 68.3 cm³/mol. The molecule has 0 atom stereocenters. The second-order valence-electron chi connectivity index (χ2n) is 3.85. The van der Waals surface area contributed by atoms with E-state index in [9.17, 15) is 19.5 Å². The molecule has 0 saturated heterocycles. The molecule has 102 valence electrons.